The third-order valence-corrected chi connectivity index (χ3v) is 5.07. The van der Waals surface area contributed by atoms with Crippen LogP contribution in [0.25, 0.3) is 0 Å². The Morgan fingerprint density at radius 1 is 1.04 bits per heavy atom. The Labute approximate surface area is 142 Å². The highest BCUT2D eigenvalue weighted by atomic mass is 16.5. The predicted octanol–water partition coefficient (Wildman–Crippen LogP) is 3.87. The van der Waals surface area contributed by atoms with E-state index >= 15 is 0 Å². The van der Waals surface area contributed by atoms with E-state index in [2.05, 4.69) is 9.88 Å². The molecule has 1 amide bonds. The van der Waals surface area contributed by atoms with Gasteiger partial charge >= 0.3 is 0 Å². The zero-order valence-corrected chi connectivity index (χ0v) is 13.8. The quantitative estimate of drug-likeness (QED) is 0.843. The van der Waals surface area contributed by atoms with Gasteiger partial charge in [-0.1, -0.05) is 18.9 Å². The lowest BCUT2D eigenvalue weighted by Crippen LogP contribution is -2.34. The zero-order chi connectivity index (χ0) is 16.4. The summed E-state index contributed by atoms with van der Waals surface area (Å²) in [6.07, 6.45) is 8.06. The number of ether oxygens (including phenoxy) is 1. The summed E-state index contributed by atoms with van der Waals surface area (Å²) in [4.78, 5) is 19.4. The number of amides is 1. The van der Waals surface area contributed by atoms with Gasteiger partial charge in [-0.15, -0.1) is 0 Å². The standard InChI is InChI=1S/C20H22N2O2/c23-20(16-5-6-17-13-24-14-18(17)12-16)22-11-3-1-2-4-19(22)15-7-9-21-10-8-15/h5-10,12,19H,1-4,11,13-14H2. The van der Waals surface area contributed by atoms with Crippen LogP contribution in [0.3, 0.4) is 0 Å². The summed E-state index contributed by atoms with van der Waals surface area (Å²) in [5, 5.41) is 0. The molecular weight excluding hydrogens is 300 g/mol. The second-order valence-corrected chi connectivity index (χ2v) is 6.62. The minimum absolute atomic E-state index is 0.133. The van der Waals surface area contributed by atoms with Gasteiger partial charge in [0.05, 0.1) is 19.3 Å². The summed E-state index contributed by atoms with van der Waals surface area (Å²) >= 11 is 0. The minimum atomic E-state index is 0.133. The first-order valence-corrected chi connectivity index (χ1v) is 8.73. The maximum Gasteiger partial charge on any atom is 0.254 e. The number of fused-ring (bicyclic) bond motifs is 1. The molecule has 4 nitrogen and oxygen atoms in total. The first-order valence-electron chi connectivity index (χ1n) is 8.73. The fraction of sp³-hybridized carbons (Fsp3) is 0.400. The Morgan fingerprint density at radius 3 is 2.75 bits per heavy atom. The molecule has 2 aromatic rings. The van der Waals surface area contributed by atoms with Crippen molar-refractivity contribution < 1.29 is 9.53 Å². The van der Waals surface area contributed by atoms with Gasteiger partial charge in [0, 0.05) is 24.5 Å². The number of hydrogen-bond donors (Lipinski definition) is 0. The largest absolute Gasteiger partial charge is 0.372 e. The molecule has 4 rings (SSSR count). The molecule has 1 saturated heterocycles. The molecule has 4 heteroatoms. The normalized spacial score (nSPS) is 20.5. The Kier molecular flexibility index (Phi) is 4.30. The highest BCUT2D eigenvalue weighted by Gasteiger charge is 2.28. The number of benzene rings is 1. The van der Waals surface area contributed by atoms with Gasteiger partial charge in [0.15, 0.2) is 0 Å². The SMILES string of the molecule is O=C(c1ccc2c(c1)COC2)N1CCCCCC1c1ccncc1. The van der Waals surface area contributed by atoms with Crippen molar-refractivity contribution in [3.8, 4) is 0 Å². The van der Waals surface area contributed by atoms with Gasteiger partial charge in [0.2, 0.25) is 0 Å². The van der Waals surface area contributed by atoms with E-state index < -0.39 is 0 Å². The molecule has 0 bridgehead atoms. The summed E-state index contributed by atoms with van der Waals surface area (Å²) in [6.45, 7) is 2.09. The van der Waals surface area contributed by atoms with Crippen LogP contribution in [0.15, 0.2) is 42.7 Å². The van der Waals surface area contributed by atoms with E-state index in [4.69, 9.17) is 4.74 Å². The van der Waals surface area contributed by atoms with Crippen LogP contribution in [0.5, 0.6) is 0 Å². The van der Waals surface area contributed by atoms with E-state index in [0.29, 0.717) is 13.2 Å². The van der Waals surface area contributed by atoms with Crippen molar-refractivity contribution in [2.24, 2.45) is 0 Å². The first kappa shape index (κ1) is 15.3. The lowest BCUT2D eigenvalue weighted by atomic mass is 10.00. The van der Waals surface area contributed by atoms with Crippen molar-refractivity contribution in [3.05, 3.63) is 65.0 Å². The monoisotopic (exact) mass is 322 g/mol. The molecule has 0 saturated carbocycles. The highest BCUT2D eigenvalue weighted by molar-refractivity contribution is 5.94. The summed E-state index contributed by atoms with van der Waals surface area (Å²) in [7, 11) is 0. The predicted molar refractivity (Wildman–Crippen MR) is 91.4 cm³/mol. The Hall–Kier alpha value is -2.20. The molecule has 1 aromatic heterocycles. The lowest BCUT2D eigenvalue weighted by molar-refractivity contribution is 0.0680. The molecule has 0 radical (unpaired) electrons. The summed E-state index contributed by atoms with van der Waals surface area (Å²) in [6, 6.07) is 10.2. The first-order chi connectivity index (χ1) is 11.8. The van der Waals surface area contributed by atoms with E-state index in [1.807, 2.05) is 42.7 Å². The van der Waals surface area contributed by atoms with Crippen molar-refractivity contribution in [3.63, 3.8) is 0 Å². The molecule has 3 heterocycles. The number of aromatic nitrogens is 1. The number of hydrogen-bond acceptors (Lipinski definition) is 3. The van der Waals surface area contributed by atoms with Crippen LogP contribution in [0.4, 0.5) is 0 Å². The topological polar surface area (TPSA) is 42.4 Å². The number of carbonyl (C=O) groups excluding carboxylic acids is 1. The maximum absolute atomic E-state index is 13.2. The van der Waals surface area contributed by atoms with Crippen LogP contribution in [0.1, 0.15) is 58.8 Å². The summed E-state index contributed by atoms with van der Waals surface area (Å²) in [5.74, 6) is 0.133. The molecule has 24 heavy (non-hydrogen) atoms. The molecule has 0 N–H and O–H groups in total. The van der Waals surface area contributed by atoms with E-state index in [1.165, 1.54) is 17.5 Å². The molecule has 2 aliphatic heterocycles. The number of pyridine rings is 1. The van der Waals surface area contributed by atoms with E-state index in [9.17, 15) is 4.79 Å². The van der Waals surface area contributed by atoms with Crippen molar-refractivity contribution in [2.75, 3.05) is 6.54 Å². The average Bonchev–Trinajstić information content (AvgIpc) is 2.96. The van der Waals surface area contributed by atoms with Crippen LogP contribution < -0.4 is 0 Å². The number of rotatable bonds is 2. The summed E-state index contributed by atoms with van der Waals surface area (Å²) < 4.78 is 5.47. The van der Waals surface area contributed by atoms with Crippen LogP contribution >= 0.6 is 0 Å². The molecule has 0 spiro atoms. The van der Waals surface area contributed by atoms with E-state index in [1.54, 1.807) is 0 Å². The molecule has 2 aliphatic rings. The van der Waals surface area contributed by atoms with Crippen LogP contribution in [-0.4, -0.2) is 22.3 Å². The number of carbonyl (C=O) groups is 1. The van der Waals surface area contributed by atoms with Crippen LogP contribution in [0.2, 0.25) is 0 Å². The number of nitrogens with zero attached hydrogens (tertiary/aromatic N) is 2. The van der Waals surface area contributed by atoms with Crippen LogP contribution in [-0.2, 0) is 18.0 Å². The van der Waals surface area contributed by atoms with Gasteiger partial charge in [-0.25, -0.2) is 0 Å². The van der Waals surface area contributed by atoms with Gasteiger partial charge in [-0.3, -0.25) is 9.78 Å². The van der Waals surface area contributed by atoms with Crippen molar-refractivity contribution in [2.45, 2.75) is 44.9 Å². The second kappa shape index (κ2) is 6.73. The molecule has 1 atom stereocenters. The lowest BCUT2D eigenvalue weighted by Gasteiger charge is -2.30. The number of likely N-dealkylation sites (tertiary alicyclic amines) is 1. The maximum atomic E-state index is 13.2. The van der Waals surface area contributed by atoms with Crippen LogP contribution in [0, 0.1) is 0 Å². The van der Waals surface area contributed by atoms with Gasteiger partial charge in [-0.05, 0) is 53.8 Å². The van der Waals surface area contributed by atoms with Crippen molar-refractivity contribution in [1.82, 2.24) is 9.88 Å². The third-order valence-electron chi connectivity index (χ3n) is 5.07. The van der Waals surface area contributed by atoms with Gasteiger partial charge < -0.3 is 9.64 Å². The molecule has 1 aromatic carbocycles. The van der Waals surface area contributed by atoms with Crippen molar-refractivity contribution in [1.29, 1.82) is 0 Å². The molecular formula is C20H22N2O2. The smallest absolute Gasteiger partial charge is 0.254 e. The van der Waals surface area contributed by atoms with Gasteiger partial charge in [0.25, 0.3) is 5.91 Å². The van der Waals surface area contributed by atoms with Gasteiger partial charge in [-0.2, -0.15) is 0 Å². The highest BCUT2D eigenvalue weighted by Crippen LogP contribution is 2.31. The van der Waals surface area contributed by atoms with Crippen molar-refractivity contribution >= 4 is 5.91 Å². The Bertz CT molecular complexity index is 730. The van der Waals surface area contributed by atoms with E-state index in [0.717, 1.165) is 36.9 Å². The molecule has 1 unspecified atom stereocenters. The average molecular weight is 322 g/mol. The fourth-order valence-electron chi connectivity index (χ4n) is 3.75. The minimum Gasteiger partial charge on any atom is -0.372 e. The third kappa shape index (κ3) is 2.94. The molecule has 1 fully saturated rings. The Balaban J connectivity index is 1.65. The second-order valence-electron chi connectivity index (χ2n) is 6.62. The summed E-state index contributed by atoms with van der Waals surface area (Å²) in [5.41, 5.74) is 4.31. The molecule has 124 valence electrons. The van der Waals surface area contributed by atoms with E-state index in [-0.39, 0.29) is 11.9 Å². The molecule has 0 aliphatic carbocycles. The fourth-order valence-corrected chi connectivity index (χ4v) is 3.75. The Morgan fingerprint density at radius 2 is 1.88 bits per heavy atom. The van der Waals surface area contributed by atoms with Gasteiger partial charge in [0.1, 0.15) is 0 Å². The zero-order valence-electron chi connectivity index (χ0n) is 13.8.